The lowest BCUT2D eigenvalue weighted by molar-refractivity contribution is -0.121. The highest BCUT2D eigenvalue weighted by Gasteiger charge is 2.04. The first kappa shape index (κ1) is 17.5. The zero-order valence-corrected chi connectivity index (χ0v) is 13.6. The van der Waals surface area contributed by atoms with Gasteiger partial charge in [-0.05, 0) is 64.4 Å². The molecule has 118 valence electrons. The van der Waals surface area contributed by atoms with E-state index < -0.39 is 0 Å². The molecule has 0 aliphatic carbocycles. The maximum absolute atomic E-state index is 11.7. The lowest BCUT2D eigenvalue weighted by Crippen LogP contribution is -2.29. The second-order valence-electron chi connectivity index (χ2n) is 5.87. The SMILES string of the molecule is CC(C)N(C)CCCCNC(=O)CCc1ccc(N)cc1. The van der Waals surface area contributed by atoms with Crippen molar-refractivity contribution in [3.63, 3.8) is 0 Å². The van der Waals surface area contributed by atoms with Crippen LogP contribution < -0.4 is 11.1 Å². The summed E-state index contributed by atoms with van der Waals surface area (Å²) < 4.78 is 0. The minimum Gasteiger partial charge on any atom is -0.399 e. The molecule has 1 aromatic carbocycles. The molecule has 0 radical (unpaired) electrons. The fourth-order valence-electron chi connectivity index (χ4n) is 2.00. The molecular weight excluding hydrogens is 262 g/mol. The van der Waals surface area contributed by atoms with E-state index in [0.717, 1.165) is 43.6 Å². The second kappa shape index (κ2) is 9.40. The molecular formula is C17H29N3O. The summed E-state index contributed by atoms with van der Waals surface area (Å²) in [7, 11) is 2.13. The first-order valence-corrected chi connectivity index (χ1v) is 7.80. The molecule has 1 aromatic rings. The average Bonchev–Trinajstić information content (AvgIpc) is 2.46. The minimum absolute atomic E-state index is 0.129. The van der Waals surface area contributed by atoms with Crippen LogP contribution in [-0.2, 0) is 11.2 Å². The summed E-state index contributed by atoms with van der Waals surface area (Å²) in [6.07, 6.45) is 3.45. The van der Waals surface area contributed by atoms with E-state index in [2.05, 4.69) is 31.1 Å². The van der Waals surface area contributed by atoms with Gasteiger partial charge in [0, 0.05) is 24.7 Å². The third-order valence-corrected chi connectivity index (χ3v) is 3.76. The van der Waals surface area contributed by atoms with E-state index in [1.165, 1.54) is 0 Å². The van der Waals surface area contributed by atoms with Gasteiger partial charge < -0.3 is 16.0 Å². The van der Waals surface area contributed by atoms with Gasteiger partial charge in [0.15, 0.2) is 0 Å². The highest BCUT2D eigenvalue weighted by Crippen LogP contribution is 2.07. The van der Waals surface area contributed by atoms with Crippen molar-refractivity contribution in [3.8, 4) is 0 Å². The van der Waals surface area contributed by atoms with Gasteiger partial charge in [0.25, 0.3) is 0 Å². The molecule has 0 bridgehead atoms. The number of aryl methyl sites for hydroxylation is 1. The van der Waals surface area contributed by atoms with Crippen molar-refractivity contribution >= 4 is 11.6 Å². The minimum atomic E-state index is 0.129. The summed E-state index contributed by atoms with van der Waals surface area (Å²) in [6.45, 7) is 6.24. The Labute approximate surface area is 128 Å². The summed E-state index contributed by atoms with van der Waals surface area (Å²) in [5.74, 6) is 0.129. The molecule has 21 heavy (non-hydrogen) atoms. The Morgan fingerprint density at radius 2 is 1.90 bits per heavy atom. The van der Waals surface area contributed by atoms with E-state index in [1.807, 2.05) is 24.3 Å². The number of nitrogens with one attached hydrogen (secondary N) is 1. The third kappa shape index (κ3) is 7.71. The molecule has 1 amide bonds. The summed E-state index contributed by atoms with van der Waals surface area (Å²) in [5, 5.41) is 2.99. The Hall–Kier alpha value is -1.55. The summed E-state index contributed by atoms with van der Waals surface area (Å²) >= 11 is 0. The molecule has 0 unspecified atom stereocenters. The first-order chi connectivity index (χ1) is 9.99. The smallest absolute Gasteiger partial charge is 0.220 e. The molecule has 0 aliphatic rings. The fraction of sp³-hybridized carbons (Fsp3) is 0.588. The van der Waals surface area contributed by atoms with Crippen molar-refractivity contribution in [1.82, 2.24) is 10.2 Å². The number of benzene rings is 1. The Kier molecular flexibility index (Phi) is 7.83. The lowest BCUT2D eigenvalue weighted by Gasteiger charge is -2.20. The number of anilines is 1. The molecule has 0 fully saturated rings. The molecule has 0 aromatic heterocycles. The largest absolute Gasteiger partial charge is 0.399 e. The number of carbonyl (C=O) groups excluding carboxylic acids is 1. The second-order valence-corrected chi connectivity index (χ2v) is 5.87. The molecule has 0 saturated carbocycles. The van der Waals surface area contributed by atoms with Crippen molar-refractivity contribution in [3.05, 3.63) is 29.8 Å². The van der Waals surface area contributed by atoms with Crippen molar-refractivity contribution < 1.29 is 4.79 Å². The van der Waals surface area contributed by atoms with Crippen molar-refractivity contribution in [2.24, 2.45) is 0 Å². The molecule has 0 heterocycles. The molecule has 0 atom stereocenters. The van der Waals surface area contributed by atoms with E-state index in [0.29, 0.717) is 12.5 Å². The van der Waals surface area contributed by atoms with E-state index >= 15 is 0 Å². The normalized spacial score (nSPS) is 11.1. The number of hydrogen-bond acceptors (Lipinski definition) is 3. The van der Waals surface area contributed by atoms with E-state index in [4.69, 9.17) is 5.73 Å². The van der Waals surface area contributed by atoms with Crippen LogP contribution in [0.25, 0.3) is 0 Å². The fourth-order valence-corrected chi connectivity index (χ4v) is 2.00. The molecule has 0 saturated heterocycles. The number of carbonyl (C=O) groups is 1. The standard InChI is InChI=1S/C17H29N3O/c1-14(2)20(3)13-5-4-12-19-17(21)11-8-15-6-9-16(18)10-7-15/h6-7,9-10,14H,4-5,8,11-13,18H2,1-3H3,(H,19,21). The number of nitrogens with two attached hydrogens (primary N) is 1. The predicted molar refractivity (Wildman–Crippen MR) is 89.2 cm³/mol. The van der Waals surface area contributed by atoms with Crippen LogP contribution in [0.4, 0.5) is 5.69 Å². The van der Waals surface area contributed by atoms with Crippen molar-refractivity contribution in [1.29, 1.82) is 0 Å². The van der Waals surface area contributed by atoms with Gasteiger partial charge in [-0.25, -0.2) is 0 Å². The van der Waals surface area contributed by atoms with Gasteiger partial charge in [-0.1, -0.05) is 12.1 Å². The van der Waals surface area contributed by atoms with Gasteiger partial charge in [-0.2, -0.15) is 0 Å². The van der Waals surface area contributed by atoms with Crippen LogP contribution in [0.2, 0.25) is 0 Å². The van der Waals surface area contributed by atoms with E-state index in [-0.39, 0.29) is 5.91 Å². The van der Waals surface area contributed by atoms with Crippen LogP contribution in [0.1, 0.15) is 38.7 Å². The Bertz CT molecular complexity index is 415. The number of nitrogen functional groups attached to an aromatic ring is 1. The number of amides is 1. The number of nitrogens with zero attached hydrogens (tertiary/aromatic N) is 1. The average molecular weight is 291 g/mol. The predicted octanol–water partition coefficient (Wildman–Crippen LogP) is 2.44. The number of rotatable bonds is 9. The molecule has 4 heteroatoms. The van der Waals surface area contributed by atoms with Crippen molar-refractivity contribution in [2.45, 2.75) is 45.6 Å². The summed E-state index contributed by atoms with van der Waals surface area (Å²) in [4.78, 5) is 14.1. The molecule has 0 spiro atoms. The van der Waals surface area contributed by atoms with Crippen LogP contribution in [0.3, 0.4) is 0 Å². The highest BCUT2D eigenvalue weighted by molar-refractivity contribution is 5.76. The monoisotopic (exact) mass is 291 g/mol. The molecule has 4 nitrogen and oxygen atoms in total. The highest BCUT2D eigenvalue weighted by atomic mass is 16.1. The van der Waals surface area contributed by atoms with Crippen LogP contribution >= 0.6 is 0 Å². The van der Waals surface area contributed by atoms with Crippen LogP contribution in [0.15, 0.2) is 24.3 Å². The molecule has 1 rings (SSSR count). The zero-order chi connectivity index (χ0) is 15.7. The topological polar surface area (TPSA) is 58.4 Å². The van der Waals surface area contributed by atoms with Gasteiger partial charge in [-0.3, -0.25) is 4.79 Å². The first-order valence-electron chi connectivity index (χ1n) is 7.80. The van der Waals surface area contributed by atoms with Crippen LogP contribution in [-0.4, -0.2) is 37.0 Å². The Morgan fingerprint density at radius 3 is 2.52 bits per heavy atom. The zero-order valence-electron chi connectivity index (χ0n) is 13.6. The number of hydrogen-bond donors (Lipinski definition) is 2. The van der Waals surface area contributed by atoms with E-state index in [1.54, 1.807) is 0 Å². The van der Waals surface area contributed by atoms with Gasteiger partial charge in [-0.15, -0.1) is 0 Å². The summed E-state index contributed by atoms with van der Waals surface area (Å²) in [6, 6.07) is 8.28. The van der Waals surface area contributed by atoms with Crippen LogP contribution in [0.5, 0.6) is 0 Å². The third-order valence-electron chi connectivity index (χ3n) is 3.76. The molecule has 3 N–H and O–H groups in total. The summed E-state index contributed by atoms with van der Waals surface area (Å²) in [5.41, 5.74) is 7.54. The maximum atomic E-state index is 11.7. The van der Waals surface area contributed by atoms with Gasteiger partial charge in [0.1, 0.15) is 0 Å². The maximum Gasteiger partial charge on any atom is 0.220 e. The van der Waals surface area contributed by atoms with Crippen LogP contribution in [0, 0.1) is 0 Å². The van der Waals surface area contributed by atoms with Crippen molar-refractivity contribution in [2.75, 3.05) is 25.9 Å². The van der Waals surface area contributed by atoms with E-state index in [9.17, 15) is 4.79 Å². The van der Waals surface area contributed by atoms with Gasteiger partial charge >= 0.3 is 0 Å². The Morgan fingerprint density at radius 1 is 1.24 bits per heavy atom. The quantitative estimate of drug-likeness (QED) is 0.543. The van der Waals surface area contributed by atoms with Gasteiger partial charge in [0.05, 0.1) is 0 Å². The van der Waals surface area contributed by atoms with Gasteiger partial charge in [0.2, 0.25) is 5.91 Å². The molecule has 0 aliphatic heterocycles. The lowest BCUT2D eigenvalue weighted by atomic mass is 10.1. The Balaban J connectivity index is 2.07. The number of unbranched alkanes of at least 4 members (excludes halogenated alkanes) is 1.